The number of ether oxygens (including phenoxy) is 3. The molecule has 1 aromatic carbocycles. The van der Waals surface area contributed by atoms with Crippen molar-refractivity contribution in [2.75, 3.05) is 46.0 Å². The van der Waals surface area contributed by atoms with Gasteiger partial charge in [-0.25, -0.2) is 8.42 Å². The fourth-order valence-electron chi connectivity index (χ4n) is 3.76. The molecule has 0 bridgehead atoms. The molecule has 0 saturated carbocycles. The van der Waals surface area contributed by atoms with Crippen molar-refractivity contribution in [1.82, 2.24) is 9.21 Å². The van der Waals surface area contributed by atoms with E-state index in [0.717, 1.165) is 24.3 Å². The second-order valence-corrected chi connectivity index (χ2v) is 9.86. The van der Waals surface area contributed by atoms with Crippen molar-refractivity contribution < 1.29 is 40.6 Å². The number of rotatable bonds is 5. The van der Waals surface area contributed by atoms with Crippen LogP contribution in [0.25, 0.3) is 0 Å². The third-order valence-corrected chi connectivity index (χ3v) is 7.77. The number of hydrogen-bond donors (Lipinski definition) is 0. The number of piperazine rings is 1. The minimum absolute atomic E-state index is 0.141. The van der Waals surface area contributed by atoms with E-state index in [4.69, 9.17) is 14.2 Å². The van der Waals surface area contributed by atoms with E-state index in [2.05, 4.69) is 0 Å². The molecular formula is C21H23F3N2O6S. The highest BCUT2D eigenvalue weighted by atomic mass is 32.2. The smallest absolute Gasteiger partial charge is 0.416 e. The summed E-state index contributed by atoms with van der Waals surface area (Å²) in [5, 5.41) is -0.761. The van der Waals surface area contributed by atoms with Crippen molar-refractivity contribution in [3.05, 3.63) is 53.5 Å². The zero-order valence-electron chi connectivity index (χ0n) is 17.6. The van der Waals surface area contributed by atoms with E-state index in [1.54, 1.807) is 12.2 Å². The van der Waals surface area contributed by atoms with Gasteiger partial charge < -0.3 is 19.1 Å². The molecule has 2 fully saturated rings. The number of carbonyl (C=O) groups excluding carboxylic acids is 1. The molecule has 0 spiro atoms. The van der Waals surface area contributed by atoms with Crippen LogP contribution >= 0.6 is 0 Å². The van der Waals surface area contributed by atoms with Gasteiger partial charge in [-0.1, -0.05) is 0 Å². The van der Waals surface area contributed by atoms with Gasteiger partial charge in [-0.2, -0.15) is 17.5 Å². The second-order valence-electron chi connectivity index (χ2n) is 7.71. The first-order chi connectivity index (χ1) is 15.6. The Labute approximate surface area is 189 Å². The van der Waals surface area contributed by atoms with Crippen molar-refractivity contribution in [3.8, 4) is 5.75 Å². The number of alkyl halides is 3. The van der Waals surface area contributed by atoms with Gasteiger partial charge in [-0.15, -0.1) is 0 Å². The second kappa shape index (κ2) is 9.26. The lowest BCUT2D eigenvalue weighted by atomic mass is 10.1. The van der Waals surface area contributed by atoms with Crippen LogP contribution in [0.1, 0.15) is 12.0 Å². The Balaban J connectivity index is 1.28. The highest BCUT2D eigenvalue weighted by molar-refractivity contribution is 7.89. The van der Waals surface area contributed by atoms with Crippen LogP contribution in [0, 0.1) is 0 Å². The Morgan fingerprint density at radius 3 is 2.30 bits per heavy atom. The van der Waals surface area contributed by atoms with Gasteiger partial charge in [-0.3, -0.25) is 4.79 Å². The van der Waals surface area contributed by atoms with Gasteiger partial charge in [0.15, 0.2) is 18.1 Å². The zero-order valence-corrected chi connectivity index (χ0v) is 18.4. The molecule has 3 aliphatic rings. The largest absolute Gasteiger partial charge is 0.486 e. The average molecular weight is 488 g/mol. The van der Waals surface area contributed by atoms with E-state index in [0.29, 0.717) is 24.7 Å². The van der Waals surface area contributed by atoms with E-state index < -0.39 is 27.0 Å². The predicted octanol–water partition coefficient (Wildman–Crippen LogP) is 2.15. The van der Waals surface area contributed by atoms with Gasteiger partial charge in [0.25, 0.3) is 5.91 Å². The van der Waals surface area contributed by atoms with Gasteiger partial charge in [-0.05, 0) is 42.8 Å². The number of hydrogen-bond acceptors (Lipinski definition) is 6. The topological polar surface area (TPSA) is 85.4 Å². The minimum Gasteiger partial charge on any atom is -0.486 e. The summed E-state index contributed by atoms with van der Waals surface area (Å²) in [6.07, 6.45) is -0.878. The summed E-state index contributed by atoms with van der Waals surface area (Å²) in [4.78, 5) is 13.9. The number of allylic oxidation sites excluding steroid dienone is 1. The Morgan fingerprint density at radius 1 is 1.03 bits per heavy atom. The molecule has 12 heteroatoms. The first kappa shape index (κ1) is 23.4. The van der Waals surface area contributed by atoms with Gasteiger partial charge >= 0.3 is 6.18 Å². The summed E-state index contributed by atoms with van der Waals surface area (Å²) >= 11 is 0. The van der Waals surface area contributed by atoms with Crippen LogP contribution in [-0.2, 0) is 30.5 Å². The molecule has 0 radical (unpaired) electrons. The van der Waals surface area contributed by atoms with Crippen LogP contribution in [0.4, 0.5) is 13.2 Å². The molecule has 1 unspecified atom stereocenters. The molecule has 4 rings (SSSR count). The van der Waals surface area contributed by atoms with Gasteiger partial charge in [0.2, 0.25) is 10.0 Å². The lowest BCUT2D eigenvalue weighted by molar-refractivity contribution is -0.138. The van der Waals surface area contributed by atoms with E-state index in [1.165, 1.54) is 9.21 Å². The van der Waals surface area contributed by atoms with Gasteiger partial charge in [0, 0.05) is 26.2 Å². The van der Waals surface area contributed by atoms with Crippen molar-refractivity contribution in [2.24, 2.45) is 0 Å². The lowest BCUT2D eigenvalue weighted by Crippen LogP contribution is -2.53. The molecule has 2 heterocycles. The number of amides is 1. The first-order valence-corrected chi connectivity index (χ1v) is 11.9. The average Bonchev–Trinajstić information content (AvgIpc) is 2.82. The molecule has 33 heavy (non-hydrogen) atoms. The molecular weight excluding hydrogens is 465 g/mol. The molecule has 2 saturated heterocycles. The summed E-state index contributed by atoms with van der Waals surface area (Å²) in [6.45, 7) is 1.11. The molecule has 0 N–H and O–H groups in total. The van der Waals surface area contributed by atoms with Crippen molar-refractivity contribution >= 4 is 15.9 Å². The van der Waals surface area contributed by atoms with E-state index in [-0.39, 0.29) is 50.9 Å². The molecule has 1 atom stereocenters. The maximum atomic E-state index is 13.0. The maximum absolute atomic E-state index is 13.0. The lowest BCUT2D eigenvalue weighted by Gasteiger charge is -2.36. The van der Waals surface area contributed by atoms with E-state index in [9.17, 15) is 26.4 Å². The van der Waals surface area contributed by atoms with Crippen LogP contribution in [-0.4, -0.2) is 74.8 Å². The SMILES string of the molecule is O=C(COc1ccc(C(F)(F)F)cc1)N1CCN(S(=O)(=O)C2C=C3OCCOC3=CC2)CC1. The third kappa shape index (κ3) is 5.27. The number of fused-ring (bicyclic) bond motifs is 1. The van der Waals surface area contributed by atoms with E-state index >= 15 is 0 Å². The molecule has 1 aliphatic carbocycles. The van der Waals surface area contributed by atoms with Crippen molar-refractivity contribution in [1.29, 1.82) is 0 Å². The monoisotopic (exact) mass is 488 g/mol. The number of halogens is 3. The van der Waals surface area contributed by atoms with E-state index in [1.807, 2.05) is 0 Å². The summed E-state index contributed by atoms with van der Waals surface area (Å²) in [5.41, 5.74) is -0.804. The highest BCUT2D eigenvalue weighted by Crippen LogP contribution is 2.31. The Kier molecular flexibility index (Phi) is 6.57. The number of nitrogens with zero attached hydrogens (tertiary/aromatic N) is 2. The third-order valence-electron chi connectivity index (χ3n) is 5.59. The minimum atomic E-state index is -4.45. The molecule has 2 aliphatic heterocycles. The van der Waals surface area contributed by atoms with Crippen LogP contribution in [0.15, 0.2) is 47.9 Å². The van der Waals surface area contributed by atoms with Crippen LogP contribution in [0.5, 0.6) is 5.75 Å². The summed E-state index contributed by atoms with van der Waals surface area (Å²) in [5.74, 6) is 0.780. The summed E-state index contributed by atoms with van der Waals surface area (Å²) < 4.78 is 81.6. The summed E-state index contributed by atoms with van der Waals surface area (Å²) in [7, 11) is -3.64. The maximum Gasteiger partial charge on any atom is 0.416 e. The molecule has 1 aromatic rings. The fourth-order valence-corrected chi connectivity index (χ4v) is 5.45. The standard InChI is InChI=1S/C21H23F3N2O6S/c22-21(23,24)15-1-3-16(4-2-15)32-14-20(27)25-7-9-26(10-8-25)33(28,29)17-5-6-18-19(13-17)31-12-11-30-18/h1-4,6,13,17H,5,7-12,14H2. The Hall–Kier alpha value is -2.73. The number of sulfonamides is 1. The quantitative estimate of drug-likeness (QED) is 0.632. The molecule has 1 amide bonds. The highest BCUT2D eigenvalue weighted by Gasteiger charge is 2.36. The Bertz CT molecular complexity index is 1040. The molecule has 0 aromatic heterocycles. The molecule has 8 nitrogen and oxygen atoms in total. The van der Waals surface area contributed by atoms with Crippen molar-refractivity contribution in [2.45, 2.75) is 17.8 Å². The zero-order chi connectivity index (χ0) is 23.6. The fraction of sp³-hybridized carbons (Fsp3) is 0.476. The predicted molar refractivity (Wildman–Crippen MR) is 110 cm³/mol. The van der Waals surface area contributed by atoms with Gasteiger partial charge in [0.1, 0.15) is 24.2 Å². The number of carbonyl (C=O) groups is 1. The molecule has 180 valence electrons. The van der Waals surface area contributed by atoms with Crippen molar-refractivity contribution in [3.63, 3.8) is 0 Å². The van der Waals surface area contributed by atoms with Gasteiger partial charge in [0.05, 0.1) is 5.56 Å². The number of benzene rings is 1. The first-order valence-electron chi connectivity index (χ1n) is 10.4. The van der Waals surface area contributed by atoms with Crippen LogP contribution in [0.3, 0.4) is 0 Å². The normalized spacial score (nSPS) is 21.8. The van der Waals surface area contributed by atoms with Crippen LogP contribution in [0.2, 0.25) is 0 Å². The Morgan fingerprint density at radius 2 is 1.67 bits per heavy atom. The van der Waals surface area contributed by atoms with Crippen LogP contribution < -0.4 is 4.74 Å². The summed E-state index contributed by atoms with van der Waals surface area (Å²) in [6, 6.07) is 4.07.